The zero-order valence-corrected chi connectivity index (χ0v) is 9.95. The van der Waals surface area contributed by atoms with E-state index in [9.17, 15) is 0 Å². The van der Waals surface area contributed by atoms with Crippen molar-refractivity contribution in [1.82, 2.24) is 4.98 Å². The summed E-state index contributed by atoms with van der Waals surface area (Å²) in [6.45, 7) is 2.33. The standard InChI is InChI=1S/C13H18ClN/c1-10-3-2-4-12(10)13(14)9-11-5-7-15-8-6-11/h5-8,10,12-13H,2-4,9H2,1H3. The topological polar surface area (TPSA) is 12.9 Å². The van der Waals surface area contributed by atoms with Gasteiger partial charge in [-0.1, -0.05) is 19.8 Å². The van der Waals surface area contributed by atoms with Crippen LogP contribution in [0.5, 0.6) is 0 Å². The van der Waals surface area contributed by atoms with Crippen molar-refractivity contribution >= 4 is 11.6 Å². The molecule has 3 unspecified atom stereocenters. The molecule has 82 valence electrons. The molecule has 3 atom stereocenters. The maximum atomic E-state index is 6.50. The molecule has 1 aliphatic rings. The van der Waals surface area contributed by atoms with Crippen LogP contribution in [0.4, 0.5) is 0 Å². The summed E-state index contributed by atoms with van der Waals surface area (Å²) in [6, 6.07) is 4.13. The summed E-state index contributed by atoms with van der Waals surface area (Å²) in [4.78, 5) is 4.02. The Balaban J connectivity index is 1.94. The van der Waals surface area contributed by atoms with Crippen LogP contribution >= 0.6 is 11.6 Å². The summed E-state index contributed by atoms with van der Waals surface area (Å²) in [5.74, 6) is 1.51. The minimum atomic E-state index is 0.296. The van der Waals surface area contributed by atoms with Crippen LogP contribution in [0, 0.1) is 11.8 Å². The normalized spacial score (nSPS) is 27.9. The van der Waals surface area contributed by atoms with E-state index in [1.807, 2.05) is 12.4 Å². The minimum absolute atomic E-state index is 0.296. The Hall–Kier alpha value is -0.560. The number of aromatic nitrogens is 1. The van der Waals surface area contributed by atoms with Crippen molar-refractivity contribution in [1.29, 1.82) is 0 Å². The average molecular weight is 224 g/mol. The van der Waals surface area contributed by atoms with E-state index in [0.29, 0.717) is 11.3 Å². The Morgan fingerprint density at radius 2 is 2.13 bits per heavy atom. The molecule has 0 radical (unpaired) electrons. The van der Waals surface area contributed by atoms with E-state index in [2.05, 4.69) is 24.0 Å². The molecule has 2 heteroatoms. The van der Waals surface area contributed by atoms with Gasteiger partial charge in [-0.05, 0) is 42.4 Å². The van der Waals surface area contributed by atoms with E-state index in [0.717, 1.165) is 12.3 Å². The van der Waals surface area contributed by atoms with Gasteiger partial charge in [-0.3, -0.25) is 4.98 Å². The Morgan fingerprint density at radius 3 is 2.73 bits per heavy atom. The summed E-state index contributed by atoms with van der Waals surface area (Å²) in [5, 5.41) is 0.296. The predicted octanol–water partition coefficient (Wildman–Crippen LogP) is 3.67. The molecule has 0 bridgehead atoms. The third kappa shape index (κ3) is 2.72. The van der Waals surface area contributed by atoms with Gasteiger partial charge in [-0.15, -0.1) is 11.6 Å². The van der Waals surface area contributed by atoms with E-state index < -0.39 is 0 Å². The van der Waals surface area contributed by atoms with Crippen molar-refractivity contribution in [2.45, 2.75) is 38.0 Å². The van der Waals surface area contributed by atoms with Crippen molar-refractivity contribution in [2.75, 3.05) is 0 Å². The molecule has 1 aliphatic carbocycles. The first-order chi connectivity index (χ1) is 7.27. The molecule has 0 spiro atoms. The smallest absolute Gasteiger partial charge is 0.0407 e. The van der Waals surface area contributed by atoms with E-state index in [-0.39, 0.29) is 0 Å². The molecule has 15 heavy (non-hydrogen) atoms. The maximum absolute atomic E-state index is 6.50. The lowest BCUT2D eigenvalue weighted by Gasteiger charge is -2.21. The Morgan fingerprint density at radius 1 is 1.40 bits per heavy atom. The van der Waals surface area contributed by atoms with Gasteiger partial charge in [-0.2, -0.15) is 0 Å². The Bertz CT molecular complexity index is 299. The van der Waals surface area contributed by atoms with E-state index >= 15 is 0 Å². The van der Waals surface area contributed by atoms with Crippen LogP contribution in [0.25, 0.3) is 0 Å². The molecule has 0 aliphatic heterocycles. The van der Waals surface area contributed by atoms with Gasteiger partial charge in [0.25, 0.3) is 0 Å². The van der Waals surface area contributed by atoms with Crippen molar-refractivity contribution < 1.29 is 0 Å². The summed E-state index contributed by atoms with van der Waals surface area (Å²) >= 11 is 6.50. The van der Waals surface area contributed by atoms with E-state index in [4.69, 9.17) is 11.6 Å². The zero-order chi connectivity index (χ0) is 10.7. The highest BCUT2D eigenvalue weighted by molar-refractivity contribution is 6.20. The fourth-order valence-electron chi connectivity index (χ4n) is 2.61. The van der Waals surface area contributed by atoms with Crippen molar-refractivity contribution in [3.8, 4) is 0 Å². The van der Waals surface area contributed by atoms with E-state index in [1.54, 1.807) is 0 Å². The van der Waals surface area contributed by atoms with Crippen LogP contribution in [0.15, 0.2) is 24.5 Å². The third-order valence-corrected chi connectivity index (χ3v) is 4.05. The second-order valence-electron chi connectivity index (χ2n) is 4.65. The predicted molar refractivity (Wildman–Crippen MR) is 64.1 cm³/mol. The number of rotatable bonds is 3. The number of nitrogens with zero attached hydrogens (tertiary/aromatic N) is 1. The fourth-order valence-corrected chi connectivity index (χ4v) is 3.16. The second-order valence-corrected chi connectivity index (χ2v) is 5.21. The molecule has 1 nitrogen and oxygen atoms in total. The quantitative estimate of drug-likeness (QED) is 0.713. The average Bonchev–Trinajstić information content (AvgIpc) is 2.66. The lowest BCUT2D eigenvalue weighted by Crippen LogP contribution is -2.19. The van der Waals surface area contributed by atoms with Crippen LogP contribution in [0.2, 0.25) is 0 Å². The first-order valence-corrected chi connectivity index (χ1v) is 6.24. The van der Waals surface area contributed by atoms with Gasteiger partial charge in [0.1, 0.15) is 0 Å². The first kappa shape index (κ1) is 10.9. The molecular weight excluding hydrogens is 206 g/mol. The minimum Gasteiger partial charge on any atom is -0.265 e. The number of hydrogen-bond donors (Lipinski definition) is 0. The molecule has 1 fully saturated rings. The molecule has 0 amide bonds. The second kappa shape index (κ2) is 4.98. The van der Waals surface area contributed by atoms with Gasteiger partial charge in [-0.25, -0.2) is 0 Å². The fraction of sp³-hybridized carbons (Fsp3) is 0.615. The van der Waals surface area contributed by atoms with Crippen molar-refractivity contribution in [2.24, 2.45) is 11.8 Å². The lowest BCUT2D eigenvalue weighted by atomic mass is 9.91. The number of alkyl halides is 1. The molecule has 1 aromatic rings. The van der Waals surface area contributed by atoms with Crippen molar-refractivity contribution in [3.05, 3.63) is 30.1 Å². The highest BCUT2D eigenvalue weighted by Crippen LogP contribution is 2.36. The summed E-state index contributed by atoms with van der Waals surface area (Å²) in [5.41, 5.74) is 1.31. The zero-order valence-electron chi connectivity index (χ0n) is 9.20. The highest BCUT2D eigenvalue weighted by Gasteiger charge is 2.29. The van der Waals surface area contributed by atoms with Crippen molar-refractivity contribution in [3.63, 3.8) is 0 Å². The monoisotopic (exact) mass is 223 g/mol. The van der Waals surface area contributed by atoms with Gasteiger partial charge in [0, 0.05) is 17.8 Å². The SMILES string of the molecule is CC1CCCC1C(Cl)Cc1ccncc1. The van der Waals surface area contributed by atoms with Gasteiger partial charge < -0.3 is 0 Å². The van der Waals surface area contributed by atoms with Gasteiger partial charge in [0.2, 0.25) is 0 Å². The molecule has 0 saturated heterocycles. The van der Waals surface area contributed by atoms with Gasteiger partial charge >= 0.3 is 0 Å². The molecule has 1 heterocycles. The highest BCUT2D eigenvalue weighted by atomic mass is 35.5. The maximum Gasteiger partial charge on any atom is 0.0407 e. The Kier molecular flexibility index (Phi) is 3.63. The van der Waals surface area contributed by atoms with Gasteiger partial charge in [0.05, 0.1) is 0 Å². The summed E-state index contributed by atoms with van der Waals surface area (Å²) in [7, 11) is 0. The summed E-state index contributed by atoms with van der Waals surface area (Å²) < 4.78 is 0. The number of pyridine rings is 1. The van der Waals surface area contributed by atoms with Gasteiger partial charge in [0.15, 0.2) is 0 Å². The molecule has 1 aromatic heterocycles. The molecule has 0 aromatic carbocycles. The van der Waals surface area contributed by atoms with Crippen LogP contribution in [0.1, 0.15) is 31.7 Å². The molecular formula is C13H18ClN. The molecule has 0 N–H and O–H groups in total. The van der Waals surface area contributed by atoms with Crippen LogP contribution in [-0.2, 0) is 6.42 Å². The molecule has 2 rings (SSSR count). The lowest BCUT2D eigenvalue weighted by molar-refractivity contribution is 0.398. The molecule has 1 saturated carbocycles. The number of halogens is 1. The van der Waals surface area contributed by atoms with E-state index in [1.165, 1.54) is 24.8 Å². The largest absolute Gasteiger partial charge is 0.265 e. The number of hydrogen-bond acceptors (Lipinski definition) is 1. The summed E-state index contributed by atoms with van der Waals surface area (Å²) in [6.07, 6.45) is 8.68. The van der Waals surface area contributed by atoms with Crippen LogP contribution in [-0.4, -0.2) is 10.4 Å². The first-order valence-electron chi connectivity index (χ1n) is 5.80. The Labute approximate surface area is 96.9 Å². The van der Waals surface area contributed by atoms with Crippen LogP contribution < -0.4 is 0 Å². The van der Waals surface area contributed by atoms with Crippen LogP contribution in [0.3, 0.4) is 0 Å². The third-order valence-electron chi connectivity index (χ3n) is 3.57.